The monoisotopic (exact) mass is 1710 g/mol. The molecule has 0 aromatic carbocycles. The summed E-state index contributed by atoms with van der Waals surface area (Å²) in [6.45, 7) is 29.8. The number of fused-ring (bicyclic) bond motifs is 2. The van der Waals surface area contributed by atoms with Crippen molar-refractivity contribution in [2.75, 3.05) is 63.7 Å². The summed E-state index contributed by atoms with van der Waals surface area (Å²) in [7, 11) is -6.74. The number of anilines is 3. The predicted molar refractivity (Wildman–Crippen MR) is 405 cm³/mol. The van der Waals surface area contributed by atoms with E-state index in [1.54, 1.807) is 90.0 Å². The summed E-state index contributed by atoms with van der Waals surface area (Å²) in [6, 6.07) is -4.17. The number of hydrogen-bond acceptors (Lipinski definition) is 34. The van der Waals surface area contributed by atoms with Crippen LogP contribution in [-0.4, -0.2) is 226 Å². The Kier molecular flexibility index (Phi) is 38.5. The molecule has 3 saturated carbocycles. The predicted octanol–water partition coefficient (Wildman–Crippen LogP) is 4.97. The van der Waals surface area contributed by atoms with Crippen LogP contribution in [0.4, 0.5) is 17.8 Å². The number of nitrogens with one attached hydrogen (secondary N) is 4. The molecule has 624 valence electrons. The van der Waals surface area contributed by atoms with Gasteiger partial charge in [0, 0.05) is 51.0 Å². The Morgan fingerprint density at radius 1 is 0.505 bits per heavy atom. The van der Waals surface area contributed by atoms with Crippen LogP contribution in [0.3, 0.4) is 0 Å². The van der Waals surface area contributed by atoms with Gasteiger partial charge >= 0.3 is 40.9 Å². The molecule has 109 heavy (non-hydrogen) atoms. The van der Waals surface area contributed by atoms with Gasteiger partial charge in [-0.15, -0.1) is 0 Å². The zero-order valence-electron chi connectivity index (χ0n) is 64.5. The molecule has 6 unspecified atom stereocenters. The number of aliphatic hydroxyl groups excluding tert-OH is 3. The van der Waals surface area contributed by atoms with Crippen LogP contribution in [0.1, 0.15) is 148 Å². The number of hydrogen-bond donors (Lipinski definition) is 10. The second-order valence-corrected chi connectivity index (χ2v) is 42.7. The third-order valence-electron chi connectivity index (χ3n) is 15.8. The first kappa shape index (κ1) is 98.5. The molecule has 3 aromatic heterocycles. The molecule has 0 bridgehead atoms. The number of nitrogens with two attached hydrogens (primary N) is 3. The third-order valence-corrected chi connectivity index (χ3v) is 20.2. The third kappa shape index (κ3) is 33.7. The Morgan fingerprint density at radius 3 is 1.10 bits per heavy atom. The maximum Gasteiger partial charge on any atom is 0.352 e. The van der Waals surface area contributed by atoms with Crippen molar-refractivity contribution in [1.29, 1.82) is 0 Å². The van der Waals surface area contributed by atoms with E-state index in [0.717, 1.165) is 10.9 Å². The van der Waals surface area contributed by atoms with Crippen LogP contribution < -0.4 is 54.4 Å². The van der Waals surface area contributed by atoms with E-state index >= 15 is 0 Å². The quantitative estimate of drug-likeness (QED) is 0.0231. The number of nitrogens with zero attached hydrogens (tertiary/aromatic N) is 9. The maximum atomic E-state index is 12.9. The molecule has 3 aromatic rings. The van der Waals surface area contributed by atoms with Crippen LogP contribution in [0.15, 0.2) is 33.4 Å². The maximum absolute atomic E-state index is 12.9. The molecule has 5 heterocycles. The average Bonchev–Trinajstić information content (AvgIpc) is 1.61. The van der Waals surface area contributed by atoms with Crippen LogP contribution >= 0.6 is 73.0 Å². The van der Waals surface area contributed by atoms with Crippen LogP contribution in [0, 0.1) is 17.8 Å². The van der Waals surface area contributed by atoms with Crippen LogP contribution in [0.5, 0.6) is 0 Å². The summed E-state index contributed by atoms with van der Waals surface area (Å²) in [6.07, 6.45) is 0.402. The minimum Gasteiger partial charge on any atom is -0.462 e. The van der Waals surface area contributed by atoms with E-state index in [9.17, 15) is 67.1 Å². The van der Waals surface area contributed by atoms with E-state index in [1.165, 1.54) is 55.4 Å². The van der Waals surface area contributed by atoms with Crippen LogP contribution in [0.2, 0.25) is 0 Å². The normalized spacial score (nSPS) is 26.3. The molecular formula is C61H108Cl4N16O24P4. The van der Waals surface area contributed by atoms with Crippen molar-refractivity contribution in [1.82, 2.24) is 63.7 Å². The van der Waals surface area contributed by atoms with Gasteiger partial charge in [-0.25, -0.2) is 49.4 Å². The van der Waals surface area contributed by atoms with Crippen molar-refractivity contribution in [2.24, 2.45) is 17.8 Å². The number of halogens is 4. The highest BCUT2D eigenvalue weighted by Gasteiger charge is 2.56. The van der Waals surface area contributed by atoms with Crippen molar-refractivity contribution in [2.45, 2.75) is 245 Å². The highest BCUT2D eigenvalue weighted by atomic mass is 35.9. The first-order chi connectivity index (χ1) is 49.9. The van der Waals surface area contributed by atoms with E-state index in [2.05, 4.69) is 50.0 Å². The smallest absolute Gasteiger partial charge is 0.352 e. The van der Waals surface area contributed by atoms with Gasteiger partial charge in [0.15, 0.2) is 11.6 Å². The minimum absolute atomic E-state index is 0.0122. The van der Waals surface area contributed by atoms with E-state index in [4.69, 9.17) is 110 Å². The highest BCUT2D eigenvalue weighted by Crippen LogP contribution is 2.52. The summed E-state index contributed by atoms with van der Waals surface area (Å²) in [5.74, 6) is -7.37. The van der Waals surface area contributed by atoms with E-state index in [0.29, 0.717) is 12.8 Å². The fourth-order valence-corrected chi connectivity index (χ4v) is 15.5. The van der Waals surface area contributed by atoms with Gasteiger partial charge in [-0.1, -0.05) is 0 Å². The summed E-state index contributed by atoms with van der Waals surface area (Å²) < 4.78 is 105. The average molecular weight is 1720 g/mol. The van der Waals surface area contributed by atoms with Gasteiger partial charge in [0.1, 0.15) is 61.5 Å². The zero-order chi connectivity index (χ0) is 83.6. The summed E-state index contributed by atoms with van der Waals surface area (Å²) in [5, 5.41) is 37.9. The van der Waals surface area contributed by atoms with Gasteiger partial charge in [-0.2, -0.15) is 15.0 Å². The minimum atomic E-state index is -3.41. The first-order valence-corrected chi connectivity index (χ1v) is 45.9. The van der Waals surface area contributed by atoms with Crippen LogP contribution in [0.25, 0.3) is 0 Å². The standard InChI is InChI=1S/C19H32N5O7P.C16H28N5O7P.C12H18N4O4.C7H15ClNO3P.C6H12ClNO2.CH3Cl2OP/c1-10(2)29-16(25)11(3)23-32(6,27)28-8-12-7-13(15-14(12)30-19(4,5)31-15)24-9-21-17(20)22-18(24)26;1-8(2)28-14(24)9(3)20-29(4,26)27-6-10-5-11(13(23)12(10)22)21-7-18-15(17)19-16(21)25;1-12(2)19-8-6(4-17)3-7(9(8)20-12)16-5-14-10(13)15-11(16)18;1-5(2)12-7(10)6(3)9-13(4,8)11;1-4(2)10-6(9)5(3)8-7;1-5(2,3)4/h9-15H,7-8H2,1-6H3,(H,23,27)(H2,20,22,26);7-13,22-23H,5-6H2,1-4H3,(H,20,26)(H2,17,19,25);5-9,17H,3-4H2,1-2H3,(H2,13,15,18);5-6H,1-4H3,(H,9,11);4-5,8H,1-3H3;1H3/t11-,12+,13+,14-,15?,32?;9-,10+,11+,12-,13?,29?;6-,7-,8+,9?;6-,13?;5-;/m00100./s1. The second-order valence-electron chi connectivity index (χ2n) is 28.3. The lowest BCUT2D eigenvalue weighted by Crippen LogP contribution is -2.36. The van der Waals surface area contributed by atoms with Crippen molar-refractivity contribution in [3.05, 3.63) is 50.4 Å². The molecule has 0 spiro atoms. The Balaban J connectivity index is 0.000000366. The lowest BCUT2D eigenvalue weighted by Gasteiger charge is -2.25. The number of aliphatic hydroxyl groups is 3. The van der Waals surface area contributed by atoms with E-state index < -0.39 is 135 Å². The number of carbonyl (C=O) groups is 4. The second kappa shape index (κ2) is 42.6. The Labute approximate surface area is 651 Å². The number of aromatic nitrogens is 9. The van der Waals surface area contributed by atoms with Crippen molar-refractivity contribution in [3.63, 3.8) is 0 Å². The molecule has 2 aliphatic heterocycles. The van der Waals surface area contributed by atoms with Crippen LogP contribution in [-0.2, 0) is 84.4 Å². The molecule has 0 amide bonds. The number of carbonyl (C=O) groups excluding carboxylic acids is 4. The summed E-state index contributed by atoms with van der Waals surface area (Å²) in [4.78, 5) is 107. The summed E-state index contributed by atoms with van der Waals surface area (Å²) in [5.41, 5.74) is 14.6. The Bertz CT molecular complexity index is 3870. The lowest BCUT2D eigenvalue weighted by molar-refractivity contribution is -0.162. The molecule has 5 aliphatic rings. The van der Waals surface area contributed by atoms with Gasteiger partial charge < -0.3 is 79.5 Å². The van der Waals surface area contributed by atoms with E-state index in [1.807, 2.05) is 13.8 Å². The fraction of sp³-hybridized carbons (Fsp3) is 0.787. The summed E-state index contributed by atoms with van der Waals surface area (Å²) >= 11 is 20.3. The topological polar surface area (TPSA) is 559 Å². The largest absolute Gasteiger partial charge is 0.462 e. The molecule has 40 nitrogen and oxygen atoms in total. The number of ether oxygens (including phenoxy) is 8. The van der Waals surface area contributed by atoms with Gasteiger partial charge in [0.2, 0.25) is 30.3 Å². The Hall–Kier alpha value is -4.73. The molecule has 3 aliphatic carbocycles. The molecule has 19 atom stereocenters. The molecular weight excluding hydrogens is 1610 g/mol. The molecule has 48 heteroatoms. The van der Waals surface area contributed by atoms with Crippen molar-refractivity contribution < 1.29 is 99.7 Å². The van der Waals surface area contributed by atoms with Crippen molar-refractivity contribution >= 4 is 115 Å². The van der Waals surface area contributed by atoms with Gasteiger partial charge in [0.05, 0.1) is 74.1 Å². The van der Waals surface area contributed by atoms with Gasteiger partial charge in [-0.05, 0) is 176 Å². The van der Waals surface area contributed by atoms with Gasteiger partial charge in [0.25, 0.3) is 15.0 Å². The fourth-order valence-electron chi connectivity index (χ4n) is 11.4. The van der Waals surface area contributed by atoms with E-state index in [-0.39, 0.29) is 111 Å². The Morgan fingerprint density at radius 2 is 0.789 bits per heavy atom. The SMILES string of the molecule is CC(C)OC(=O)[C@H](C)NCl.CC(C)OC(=O)[C@H](C)NP(C)(=O)Cl.CC(C)OC(=O)[C@H](C)NP(C)(=O)OC[C@H]1C[C@@H](n2cnc(N)nc2=O)C(O)[C@H]1O.CC(C)OC(=O)[C@H](C)NP(C)(=O)OC[C@H]1C[C@@H](n2cnc(N)nc2=O)C2OC(C)(C)O[C@H]21.CC1(C)OC2[C@@H](O1)[C@@H](CO)C[C@H]2n1cnc(N)nc1=O.CP(=O)(Cl)Cl. The molecule has 2 saturated heterocycles. The molecule has 5 fully saturated rings. The lowest BCUT2D eigenvalue weighted by atomic mass is 10.1. The number of esters is 4. The molecule has 13 N–H and O–H groups in total. The zero-order valence-corrected chi connectivity index (χ0v) is 71.1. The number of nitrogen functional groups attached to an aromatic ring is 3. The highest BCUT2D eigenvalue weighted by molar-refractivity contribution is 8.08. The molecule has 0 radical (unpaired) electrons. The first-order valence-electron chi connectivity index (χ1n) is 34.4. The van der Waals surface area contributed by atoms with Crippen molar-refractivity contribution in [3.8, 4) is 0 Å². The number of rotatable bonds is 25. The molecule has 8 rings (SSSR count). The van der Waals surface area contributed by atoms with Gasteiger partial charge in [-0.3, -0.25) is 51.1 Å².